The van der Waals surface area contributed by atoms with Crippen LogP contribution in [0.4, 0.5) is 5.69 Å². The summed E-state index contributed by atoms with van der Waals surface area (Å²) < 4.78 is 0. The van der Waals surface area contributed by atoms with E-state index in [0.717, 1.165) is 29.1 Å². The van der Waals surface area contributed by atoms with E-state index in [1.165, 1.54) is 0 Å². The van der Waals surface area contributed by atoms with Gasteiger partial charge in [0.05, 0.1) is 17.5 Å². The maximum absolute atomic E-state index is 12.6. The number of hydrogen-bond acceptors (Lipinski definition) is 4. The number of carboxylic acids is 1. The van der Waals surface area contributed by atoms with Crippen molar-refractivity contribution in [3.05, 3.63) is 45.9 Å². The maximum atomic E-state index is 12.6. The zero-order valence-electron chi connectivity index (χ0n) is 16.2. The zero-order valence-corrected chi connectivity index (χ0v) is 17.0. The molecule has 28 heavy (non-hydrogen) atoms. The van der Waals surface area contributed by atoms with Crippen LogP contribution in [0, 0.1) is 11.8 Å². The van der Waals surface area contributed by atoms with Crippen molar-refractivity contribution in [1.82, 2.24) is 4.98 Å². The number of benzene rings is 1. The molecule has 1 aliphatic carbocycles. The molecule has 1 heterocycles. The zero-order chi connectivity index (χ0) is 20.1. The first-order valence-corrected chi connectivity index (χ1v) is 10.6. The first-order chi connectivity index (χ1) is 13.4. The Hall–Kier alpha value is -2.47. The molecule has 0 radical (unpaired) electrons. The van der Waals surface area contributed by atoms with Crippen molar-refractivity contribution in [2.24, 2.45) is 11.8 Å². The van der Waals surface area contributed by atoms with Gasteiger partial charge >= 0.3 is 5.97 Å². The van der Waals surface area contributed by atoms with Gasteiger partial charge in [-0.15, -0.1) is 11.3 Å². The molecule has 2 atom stereocenters. The van der Waals surface area contributed by atoms with E-state index in [2.05, 4.69) is 29.5 Å². The Morgan fingerprint density at radius 2 is 1.96 bits per heavy atom. The fourth-order valence-corrected chi connectivity index (χ4v) is 4.38. The number of hydrogen-bond donors (Lipinski definition) is 2. The van der Waals surface area contributed by atoms with Crippen LogP contribution in [-0.2, 0) is 9.59 Å². The summed E-state index contributed by atoms with van der Waals surface area (Å²) in [6.07, 6.45) is 6.92. The lowest BCUT2D eigenvalue weighted by Gasteiger charge is -2.27. The minimum absolute atomic E-state index is 0.199. The van der Waals surface area contributed by atoms with Crippen molar-refractivity contribution in [1.29, 1.82) is 0 Å². The molecule has 2 aromatic rings. The molecular weight excluding hydrogens is 372 g/mol. The number of carbonyl (C=O) groups is 2. The number of rotatable bonds is 6. The van der Waals surface area contributed by atoms with E-state index in [-0.39, 0.29) is 5.91 Å². The van der Waals surface area contributed by atoms with Crippen LogP contribution in [0.3, 0.4) is 0 Å². The van der Waals surface area contributed by atoms with Crippen molar-refractivity contribution in [2.75, 3.05) is 5.32 Å². The molecule has 1 aromatic heterocycles. The van der Waals surface area contributed by atoms with Crippen molar-refractivity contribution >= 4 is 41.1 Å². The van der Waals surface area contributed by atoms with Gasteiger partial charge in [-0.3, -0.25) is 9.59 Å². The first kappa shape index (κ1) is 20.3. The largest absolute Gasteiger partial charge is 0.481 e. The number of aromatic nitrogens is 1. The SMILES string of the molecule is CC(C)c1csc(/C=C/c2cccc(NC(=O)C3CCCCC3C(=O)O)c2)n1. The third-order valence-electron chi connectivity index (χ3n) is 5.12. The van der Waals surface area contributed by atoms with E-state index >= 15 is 0 Å². The quantitative estimate of drug-likeness (QED) is 0.695. The second-order valence-electron chi connectivity index (χ2n) is 7.55. The average molecular weight is 399 g/mol. The fraction of sp³-hybridized carbons (Fsp3) is 0.409. The highest BCUT2D eigenvalue weighted by atomic mass is 32.1. The van der Waals surface area contributed by atoms with Gasteiger partial charge in [0.15, 0.2) is 0 Å². The highest BCUT2D eigenvalue weighted by Crippen LogP contribution is 2.31. The normalized spacial score (nSPS) is 19.8. The Morgan fingerprint density at radius 1 is 1.21 bits per heavy atom. The highest BCUT2D eigenvalue weighted by Gasteiger charge is 2.35. The number of nitrogens with one attached hydrogen (secondary N) is 1. The summed E-state index contributed by atoms with van der Waals surface area (Å²) in [6.45, 7) is 4.24. The predicted molar refractivity (Wildman–Crippen MR) is 113 cm³/mol. The first-order valence-electron chi connectivity index (χ1n) is 9.71. The lowest BCUT2D eigenvalue weighted by Crippen LogP contribution is -2.36. The molecule has 2 N–H and O–H groups in total. The van der Waals surface area contributed by atoms with Gasteiger partial charge in [0.25, 0.3) is 0 Å². The number of carbonyl (C=O) groups excluding carboxylic acids is 1. The van der Waals surface area contributed by atoms with Crippen LogP contribution in [0.5, 0.6) is 0 Å². The van der Waals surface area contributed by atoms with Crippen LogP contribution in [0.2, 0.25) is 0 Å². The Balaban J connectivity index is 1.67. The Kier molecular flexibility index (Phi) is 6.62. The third kappa shape index (κ3) is 5.07. The monoisotopic (exact) mass is 398 g/mol. The van der Waals surface area contributed by atoms with E-state index in [0.29, 0.717) is 24.4 Å². The van der Waals surface area contributed by atoms with Gasteiger partial charge < -0.3 is 10.4 Å². The maximum Gasteiger partial charge on any atom is 0.307 e. The van der Waals surface area contributed by atoms with Gasteiger partial charge in [-0.2, -0.15) is 0 Å². The molecule has 0 bridgehead atoms. The number of nitrogens with zero attached hydrogens (tertiary/aromatic N) is 1. The van der Waals surface area contributed by atoms with E-state index in [4.69, 9.17) is 0 Å². The Morgan fingerprint density at radius 3 is 2.64 bits per heavy atom. The molecule has 5 nitrogen and oxygen atoms in total. The second kappa shape index (κ2) is 9.15. The van der Waals surface area contributed by atoms with Gasteiger partial charge in [-0.05, 0) is 42.5 Å². The molecule has 6 heteroatoms. The van der Waals surface area contributed by atoms with Crippen LogP contribution in [0.15, 0.2) is 29.6 Å². The van der Waals surface area contributed by atoms with Gasteiger partial charge in [0.2, 0.25) is 5.91 Å². The van der Waals surface area contributed by atoms with Crippen LogP contribution >= 0.6 is 11.3 Å². The van der Waals surface area contributed by atoms with Crippen molar-refractivity contribution < 1.29 is 14.7 Å². The molecule has 148 valence electrons. The number of aliphatic carboxylic acids is 1. The molecular formula is C22H26N2O3S. The van der Waals surface area contributed by atoms with E-state index in [9.17, 15) is 14.7 Å². The summed E-state index contributed by atoms with van der Waals surface area (Å²) in [5, 5.41) is 15.3. The minimum Gasteiger partial charge on any atom is -0.481 e. The van der Waals surface area contributed by atoms with Crippen LogP contribution in [-0.4, -0.2) is 22.0 Å². The molecule has 1 saturated carbocycles. The lowest BCUT2D eigenvalue weighted by atomic mass is 9.78. The van der Waals surface area contributed by atoms with Gasteiger partial charge in [-0.1, -0.05) is 44.9 Å². The predicted octanol–water partition coefficient (Wildman–Crippen LogP) is 5.27. The van der Waals surface area contributed by atoms with Crippen molar-refractivity contribution in [3.63, 3.8) is 0 Å². The third-order valence-corrected chi connectivity index (χ3v) is 5.95. The summed E-state index contributed by atoms with van der Waals surface area (Å²) in [6, 6.07) is 7.56. The lowest BCUT2D eigenvalue weighted by molar-refractivity contribution is -0.147. The molecule has 2 unspecified atom stereocenters. The highest BCUT2D eigenvalue weighted by molar-refractivity contribution is 7.10. The Labute approximate surface area is 169 Å². The van der Waals surface area contributed by atoms with Crippen molar-refractivity contribution in [2.45, 2.75) is 45.4 Å². The fourth-order valence-electron chi connectivity index (χ4n) is 3.51. The summed E-state index contributed by atoms with van der Waals surface area (Å²) in [4.78, 5) is 28.7. The van der Waals surface area contributed by atoms with Crippen LogP contribution in [0.25, 0.3) is 12.2 Å². The molecule has 0 aliphatic heterocycles. The molecule has 1 amide bonds. The van der Waals surface area contributed by atoms with Gasteiger partial charge in [0, 0.05) is 11.1 Å². The second-order valence-corrected chi connectivity index (χ2v) is 8.44. The molecule has 0 saturated heterocycles. The topological polar surface area (TPSA) is 79.3 Å². The van der Waals surface area contributed by atoms with E-state index in [1.54, 1.807) is 11.3 Å². The number of amides is 1. The Bertz CT molecular complexity index is 872. The van der Waals surface area contributed by atoms with Crippen LogP contribution < -0.4 is 5.32 Å². The number of carboxylic acid groups (broad SMARTS) is 1. The molecule has 3 rings (SSSR count). The molecule has 0 spiro atoms. The average Bonchev–Trinajstić information content (AvgIpc) is 3.16. The number of thiazole rings is 1. The van der Waals surface area contributed by atoms with E-state index in [1.807, 2.05) is 36.4 Å². The molecule has 1 aromatic carbocycles. The van der Waals surface area contributed by atoms with E-state index < -0.39 is 17.8 Å². The number of anilines is 1. The van der Waals surface area contributed by atoms with Crippen LogP contribution in [0.1, 0.15) is 61.7 Å². The van der Waals surface area contributed by atoms with Gasteiger partial charge in [-0.25, -0.2) is 4.98 Å². The summed E-state index contributed by atoms with van der Waals surface area (Å²) in [5.41, 5.74) is 2.73. The summed E-state index contributed by atoms with van der Waals surface area (Å²) in [5.74, 6) is -1.71. The summed E-state index contributed by atoms with van der Waals surface area (Å²) >= 11 is 1.61. The van der Waals surface area contributed by atoms with Crippen molar-refractivity contribution in [3.8, 4) is 0 Å². The molecule has 1 fully saturated rings. The summed E-state index contributed by atoms with van der Waals surface area (Å²) in [7, 11) is 0. The minimum atomic E-state index is -0.874. The molecule has 1 aliphatic rings. The van der Waals surface area contributed by atoms with Gasteiger partial charge in [0.1, 0.15) is 5.01 Å². The standard InChI is InChI=1S/C22H26N2O3S/c1-14(2)19-13-28-20(24-19)11-10-15-6-5-7-16(12-15)23-21(25)17-8-3-4-9-18(17)22(26)27/h5-7,10-14,17-18H,3-4,8-9H2,1-2H3,(H,23,25)(H,26,27)/b11-10+. The smallest absolute Gasteiger partial charge is 0.307 e.